The predicted octanol–water partition coefficient (Wildman–Crippen LogP) is 2.56. The smallest absolute Gasteiger partial charge is 0.165 e. The van der Waals surface area contributed by atoms with E-state index < -0.39 is 0 Å². The van der Waals surface area contributed by atoms with Crippen molar-refractivity contribution in [2.24, 2.45) is 0 Å². The lowest BCUT2D eigenvalue weighted by Gasteiger charge is -2.22. The third-order valence-electron chi connectivity index (χ3n) is 2.94. The highest BCUT2D eigenvalue weighted by Gasteiger charge is 2.09. The molecule has 4 nitrogen and oxygen atoms in total. The normalized spacial score (nSPS) is 9.89. The van der Waals surface area contributed by atoms with Crippen LogP contribution in [0.4, 0.5) is 11.5 Å². The second kappa shape index (κ2) is 5.87. The molecule has 1 aromatic heterocycles. The van der Waals surface area contributed by atoms with Crippen molar-refractivity contribution in [2.75, 3.05) is 17.2 Å². The Morgan fingerprint density at radius 2 is 1.95 bits per heavy atom. The zero-order valence-corrected chi connectivity index (χ0v) is 10.9. The Bertz CT molecular complexity index is 587. The highest BCUT2D eigenvalue weighted by Crippen LogP contribution is 2.18. The minimum Gasteiger partial charge on any atom is -0.396 e. The predicted molar refractivity (Wildman–Crippen MR) is 76.5 cm³/mol. The van der Waals surface area contributed by atoms with Crippen LogP contribution in [-0.2, 0) is 6.54 Å². The molecule has 0 aliphatic carbocycles. The van der Waals surface area contributed by atoms with Crippen LogP contribution in [0.15, 0.2) is 42.5 Å². The van der Waals surface area contributed by atoms with E-state index in [1.54, 1.807) is 6.07 Å². The molecule has 2 aromatic rings. The lowest BCUT2D eigenvalue weighted by atomic mass is 10.2. The number of pyridine rings is 1. The van der Waals surface area contributed by atoms with Gasteiger partial charge >= 0.3 is 0 Å². The number of aromatic nitrogens is 1. The Morgan fingerprint density at radius 1 is 1.21 bits per heavy atom. The van der Waals surface area contributed by atoms with Gasteiger partial charge in [0.1, 0.15) is 11.9 Å². The summed E-state index contributed by atoms with van der Waals surface area (Å²) in [5.41, 5.74) is 7.60. The number of nitrogens with zero attached hydrogens (tertiary/aromatic N) is 3. The second-order valence-corrected chi connectivity index (χ2v) is 4.22. The molecule has 0 radical (unpaired) electrons. The van der Waals surface area contributed by atoms with Crippen molar-refractivity contribution in [3.05, 3.63) is 53.7 Å². The van der Waals surface area contributed by atoms with Gasteiger partial charge in [0, 0.05) is 13.1 Å². The molecule has 0 aliphatic rings. The van der Waals surface area contributed by atoms with Gasteiger partial charge in [-0.05, 0) is 24.6 Å². The molecule has 4 heteroatoms. The van der Waals surface area contributed by atoms with Gasteiger partial charge < -0.3 is 10.6 Å². The van der Waals surface area contributed by atoms with Crippen molar-refractivity contribution in [3.63, 3.8) is 0 Å². The third-order valence-corrected chi connectivity index (χ3v) is 2.94. The lowest BCUT2D eigenvalue weighted by Crippen LogP contribution is -2.23. The summed E-state index contributed by atoms with van der Waals surface area (Å²) in [5.74, 6) is 0.775. The number of rotatable bonds is 4. The molecule has 0 saturated carbocycles. The van der Waals surface area contributed by atoms with Crippen LogP contribution in [0.2, 0.25) is 0 Å². The van der Waals surface area contributed by atoms with Crippen LogP contribution < -0.4 is 10.6 Å². The van der Waals surface area contributed by atoms with Crippen LogP contribution in [-0.4, -0.2) is 11.5 Å². The molecular weight excluding hydrogens is 236 g/mol. The standard InChI is InChI=1S/C15H16N4/c1-2-19(11-12-6-4-3-5-7-12)15-9-8-13(17)14(10-16)18-15/h3-9H,2,11,17H2,1H3. The zero-order valence-electron chi connectivity index (χ0n) is 10.9. The van der Waals surface area contributed by atoms with Crippen LogP contribution in [0.5, 0.6) is 0 Å². The average Bonchev–Trinajstić information content (AvgIpc) is 2.46. The Kier molecular flexibility index (Phi) is 3.99. The summed E-state index contributed by atoms with van der Waals surface area (Å²) >= 11 is 0. The van der Waals surface area contributed by atoms with E-state index >= 15 is 0 Å². The van der Waals surface area contributed by atoms with Crippen LogP contribution in [0.25, 0.3) is 0 Å². The molecule has 1 heterocycles. The summed E-state index contributed by atoms with van der Waals surface area (Å²) in [4.78, 5) is 6.40. The summed E-state index contributed by atoms with van der Waals surface area (Å²) in [6.45, 7) is 3.64. The minimum atomic E-state index is 0.281. The average molecular weight is 252 g/mol. The monoisotopic (exact) mass is 252 g/mol. The number of nitriles is 1. The van der Waals surface area contributed by atoms with Gasteiger partial charge in [0.15, 0.2) is 5.69 Å². The maximum absolute atomic E-state index is 8.98. The molecule has 2 rings (SSSR count). The molecule has 2 N–H and O–H groups in total. The first-order valence-corrected chi connectivity index (χ1v) is 6.20. The number of anilines is 2. The SMILES string of the molecule is CCN(Cc1ccccc1)c1ccc(N)c(C#N)n1. The number of nitrogens with two attached hydrogens (primary N) is 1. The summed E-state index contributed by atoms with van der Waals surface area (Å²) in [7, 11) is 0. The van der Waals surface area contributed by atoms with Crippen LogP contribution in [0.3, 0.4) is 0 Å². The maximum atomic E-state index is 8.98. The highest BCUT2D eigenvalue weighted by molar-refractivity contribution is 5.55. The van der Waals surface area contributed by atoms with Gasteiger partial charge in [0.2, 0.25) is 0 Å². The Labute approximate surface area is 113 Å². The molecule has 0 unspecified atom stereocenters. The molecule has 0 atom stereocenters. The fourth-order valence-electron chi connectivity index (χ4n) is 1.88. The third kappa shape index (κ3) is 3.02. The quantitative estimate of drug-likeness (QED) is 0.908. The van der Waals surface area contributed by atoms with Gasteiger partial charge in [0.25, 0.3) is 0 Å². The van der Waals surface area contributed by atoms with E-state index in [0.29, 0.717) is 5.69 Å². The number of hydrogen-bond acceptors (Lipinski definition) is 4. The van der Waals surface area contributed by atoms with E-state index in [1.807, 2.05) is 30.3 Å². The number of hydrogen-bond donors (Lipinski definition) is 1. The van der Waals surface area contributed by atoms with Gasteiger partial charge in [-0.3, -0.25) is 0 Å². The van der Waals surface area contributed by atoms with Crippen LogP contribution in [0.1, 0.15) is 18.2 Å². The van der Waals surface area contributed by atoms with Crippen molar-refractivity contribution in [3.8, 4) is 6.07 Å². The van der Waals surface area contributed by atoms with Crippen molar-refractivity contribution < 1.29 is 0 Å². The Morgan fingerprint density at radius 3 is 2.58 bits per heavy atom. The molecule has 0 bridgehead atoms. The van der Waals surface area contributed by atoms with E-state index in [-0.39, 0.29) is 5.69 Å². The van der Waals surface area contributed by atoms with Crippen molar-refractivity contribution >= 4 is 11.5 Å². The van der Waals surface area contributed by atoms with E-state index in [1.165, 1.54) is 5.56 Å². The molecular formula is C15H16N4. The topological polar surface area (TPSA) is 65.9 Å². The molecule has 0 aliphatic heterocycles. The Balaban J connectivity index is 2.25. The fraction of sp³-hybridized carbons (Fsp3) is 0.200. The first-order chi connectivity index (χ1) is 9.24. The van der Waals surface area contributed by atoms with Crippen molar-refractivity contribution in [1.82, 2.24) is 4.98 Å². The minimum absolute atomic E-state index is 0.281. The molecule has 0 saturated heterocycles. The first-order valence-electron chi connectivity index (χ1n) is 6.20. The largest absolute Gasteiger partial charge is 0.396 e. The van der Waals surface area contributed by atoms with E-state index in [0.717, 1.165) is 18.9 Å². The van der Waals surface area contributed by atoms with E-state index in [9.17, 15) is 0 Å². The summed E-state index contributed by atoms with van der Waals surface area (Å²) in [6, 6.07) is 15.8. The Hall–Kier alpha value is -2.54. The first kappa shape index (κ1) is 12.9. The molecule has 0 spiro atoms. The molecule has 1 aromatic carbocycles. The molecule has 0 amide bonds. The van der Waals surface area contributed by atoms with Gasteiger partial charge in [-0.2, -0.15) is 5.26 Å². The van der Waals surface area contributed by atoms with Gasteiger partial charge in [0.05, 0.1) is 5.69 Å². The van der Waals surface area contributed by atoms with Crippen molar-refractivity contribution in [2.45, 2.75) is 13.5 Å². The summed E-state index contributed by atoms with van der Waals surface area (Å²) in [6.07, 6.45) is 0. The van der Waals surface area contributed by atoms with Crippen LogP contribution >= 0.6 is 0 Å². The number of benzene rings is 1. The fourth-order valence-corrected chi connectivity index (χ4v) is 1.88. The maximum Gasteiger partial charge on any atom is 0.165 e. The van der Waals surface area contributed by atoms with Crippen molar-refractivity contribution in [1.29, 1.82) is 5.26 Å². The molecule has 19 heavy (non-hydrogen) atoms. The summed E-state index contributed by atoms with van der Waals surface area (Å²) < 4.78 is 0. The molecule has 0 fully saturated rings. The second-order valence-electron chi connectivity index (χ2n) is 4.22. The van der Waals surface area contributed by atoms with E-state index in [4.69, 9.17) is 11.0 Å². The van der Waals surface area contributed by atoms with Gasteiger partial charge in [-0.15, -0.1) is 0 Å². The van der Waals surface area contributed by atoms with E-state index in [2.05, 4.69) is 28.9 Å². The zero-order chi connectivity index (χ0) is 13.7. The van der Waals surface area contributed by atoms with Gasteiger partial charge in [-0.25, -0.2) is 4.98 Å². The molecule has 96 valence electrons. The summed E-state index contributed by atoms with van der Waals surface area (Å²) in [5, 5.41) is 8.98. The number of nitrogen functional groups attached to an aromatic ring is 1. The van der Waals surface area contributed by atoms with Crippen LogP contribution in [0, 0.1) is 11.3 Å². The van der Waals surface area contributed by atoms with Gasteiger partial charge in [-0.1, -0.05) is 30.3 Å². The highest BCUT2D eigenvalue weighted by atomic mass is 15.2. The lowest BCUT2D eigenvalue weighted by molar-refractivity contribution is 0.813.